The first-order valence-corrected chi connectivity index (χ1v) is 5.88. The predicted molar refractivity (Wildman–Crippen MR) is 72.7 cm³/mol. The van der Waals surface area contributed by atoms with Crippen LogP contribution in [0.15, 0.2) is 12.1 Å². The van der Waals surface area contributed by atoms with Crippen LogP contribution in [0.1, 0.15) is 31.1 Å². The minimum absolute atomic E-state index is 0.181. The summed E-state index contributed by atoms with van der Waals surface area (Å²) in [5, 5.41) is 13.5. The number of carbonyl (C=O) groups excluding carboxylic acids is 1. The molecule has 4 N–H and O–H groups in total. The zero-order chi connectivity index (χ0) is 15.5. The van der Waals surface area contributed by atoms with Crippen LogP contribution in [0.4, 0.5) is 15.8 Å². The van der Waals surface area contributed by atoms with Crippen molar-refractivity contribution in [1.29, 1.82) is 0 Å². The third-order valence-corrected chi connectivity index (χ3v) is 2.46. The Hall–Kier alpha value is -2.22. The van der Waals surface area contributed by atoms with Crippen LogP contribution < -0.4 is 16.6 Å². The SMILES string of the molecule is CC(C)(C)CNC(=O)c1cc(NN)c(F)cc1[N+](=O)[O-]. The number of nitrogens with zero attached hydrogens (tertiary/aromatic N) is 1. The van der Waals surface area contributed by atoms with Crippen LogP contribution in [0.5, 0.6) is 0 Å². The number of carbonyl (C=O) groups is 1. The Morgan fingerprint density at radius 1 is 1.45 bits per heavy atom. The summed E-state index contributed by atoms with van der Waals surface area (Å²) in [6.45, 7) is 6.03. The van der Waals surface area contributed by atoms with E-state index in [0.29, 0.717) is 12.6 Å². The lowest BCUT2D eigenvalue weighted by Crippen LogP contribution is -2.32. The molecule has 0 aromatic heterocycles. The fraction of sp³-hybridized carbons (Fsp3) is 0.417. The van der Waals surface area contributed by atoms with Crippen molar-refractivity contribution in [2.75, 3.05) is 12.0 Å². The number of anilines is 1. The van der Waals surface area contributed by atoms with Gasteiger partial charge in [-0.15, -0.1) is 0 Å². The molecule has 1 rings (SSSR count). The van der Waals surface area contributed by atoms with E-state index < -0.39 is 22.3 Å². The van der Waals surface area contributed by atoms with Gasteiger partial charge in [-0.1, -0.05) is 20.8 Å². The average Bonchev–Trinajstić information content (AvgIpc) is 2.34. The topological polar surface area (TPSA) is 110 Å². The normalized spacial score (nSPS) is 11.1. The molecule has 0 radical (unpaired) electrons. The third-order valence-electron chi connectivity index (χ3n) is 2.46. The summed E-state index contributed by atoms with van der Waals surface area (Å²) in [4.78, 5) is 22.1. The van der Waals surface area contributed by atoms with Crippen molar-refractivity contribution < 1.29 is 14.1 Å². The monoisotopic (exact) mass is 284 g/mol. The summed E-state index contributed by atoms with van der Waals surface area (Å²) in [5.74, 6) is 3.55. The van der Waals surface area contributed by atoms with Gasteiger partial charge in [0.05, 0.1) is 16.7 Å². The van der Waals surface area contributed by atoms with Crippen molar-refractivity contribution in [2.45, 2.75) is 20.8 Å². The minimum Gasteiger partial charge on any atom is -0.351 e. The highest BCUT2D eigenvalue weighted by molar-refractivity contribution is 5.99. The van der Waals surface area contributed by atoms with E-state index in [0.717, 1.165) is 6.07 Å². The number of hydrogen-bond acceptors (Lipinski definition) is 5. The smallest absolute Gasteiger partial charge is 0.285 e. The minimum atomic E-state index is -0.897. The van der Waals surface area contributed by atoms with Crippen molar-refractivity contribution in [1.82, 2.24) is 5.32 Å². The van der Waals surface area contributed by atoms with Gasteiger partial charge in [-0.2, -0.15) is 0 Å². The number of rotatable bonds is 4. The molecule has 0 atom stereocenters. The van der Waals surface area contributed by atoms with Gasteiger partial charge in [-0.3, -0.25) is 20.8 Å². The first-order valence-electron chi connectivity index (χ1n) is 5.88. The number of nitrogens with one attached hydrogen (secondary N) is 2. The number of nitro benzene ring substituents is 1. The lowest BCUT2D eigenvalue weighted by atomic mass is 9.97. The molecule has 0 bridgehead atoms. The van der Waals surface area contributed by atoms with Crippen molar-refractivity contribution in [2.24, 2.45) is 11.3 Å². The number of nitrogens with two attached hydrogens (primary N) is 1. The highest BCUT2D eigenvalue weighted by Crippen LogP contribution is 2.25. The van der Waals surface area contributed by atoms with E-state index in [1.807, 2.05) is 20.8 Å². The Morgan fingerprint density at radius 3 is 2.50 bits per heavy atom. The molecular weight excluding hydrogens is 267 g/mol. The van der Waals surface area contributed by atoms with E-state index in [4.69, 9.17) is 5.84 Å². The van der Waals surface area contributed by atoms with Crippen molar-refractivity contribution >= 4 is 17.3 Å². The number of benzene rings is 1. The number of hydrogen-bond donors (Lipinski definition) is 3. The van der Waals surface area contributed by atoms with Gasteiger partial charge in [-0.25, -0.2) is 4.39 Å². The second-order valence-electron chi connectivity index (χ2n) is 5.49. The summed E-state index contributed by atoms with van der Waals surface area (Å²) in [5.41, 5.74) is 0.841. The molecule has 1 aromatic rings. The fourth-order valence-electron chi connectivity index (χ4n) is 1.45. The summed E-state index contributed by atoms with van der Waals surface area (Å²) in [7, 11) is 0. The van der Waals surface area contributed by atoms with Crippen LogP contribution in [0.25, 0.3) is 0 Å². The second kappa shape index (κ2) is 5.83. The third kappa shape index (κ3) is 3.89. The zero-order valence-electron chi connectivity index (χ0n) is 11.5. The number of amides is 1. The molecule has 1 aromatic carbocycles. The maximum absolute atomic E-state index is 13.5. The maximum atomic E-state index is 13.5. The first kappa shape index (κ1) is 15.8. The van der Waals surface area contributed by atoms with Gasteiger partial charge in [0, 0.05) is 6.54 Å². The second-order valence-corrected chi connectivity index (χ2v) is 5.49. The summed E-state index contributed by atoms with van der Waals surface area (Å²) in [6, 6.07) is 1.69. The molecule has 7 nitrogen and oxygen atoms in total. The molecule has 20 heavy (non-hydrogen) atoms. The van der Waals surface area contributed by atoms with Crippen molar-refractivity contribution in [3.05, 3.63) is 33.6 Å². The highest BCUT2D eigenvalue weighted by atomic mass is 19.1. The van der Waals surface area contributed by atoms with E-state index in [1.165, 1.54) is 0 Å². The Bertz CT molecular complexity index is 540. The fourth-order valence-corrected chi connectivity index (χ4v) is 1.45. The lowest BCUT2D eigenvalue weighted by molar-refractivity contribution is -0.385. The van der Waals surface area contributed by atoms with Gasteiger partial charge in [0.2, 0.25) is 0 Å². The Labute approximate surface area is 115 Å². The van der Waals surface area contributed by atoms with Crippen LogP contribution in [0.2, 0.25) is 0 Å². The number of halogens is 1. The molecule has 0 spiro atoms. The van der Waals surface area contributed by atoms with Gasteiger partial charge in [-0.05, 0) is 11.5 Å². The van der Waals surface area contributed by atoms with E-state index >= 15 is 0 Å². The van der Waals surface area contributed by atoms with Gasteiger partial charge in [0.15, 0.2) is 5.82 Å². The molecule has 0 aliphatic carbocycles. The molecule has 0 unspecified atom stereocenters. The molecule has 1 amide bonds. The quantitative estimate of drug-likeness (QED) is 0.443. The van der Waals surface area contributed by atoms with Crippen LogP contribution in [0.3, 0.4) is 0 Å². The standard InChI is InChI=1S/C12H17FN4O3/c1-12(2,3)6-15-11(18)7-4-9(16-14)8(13)5-10(7)17(19)20/h4-5,16H,6,14H2,1-3H3,(H,15,18). The molecule has 0 saturated carbocycles. The van der Waals surface area contributed by atoms with Gasteiger partial charge in [0.25, 0.3) is 11.6 Å². The average molecular weight is 284 g/mol. The van der Waals surface area contributed by atoms with Gasteiger partial charge < -0.3 is 10.7 Å². The van der Waals surface area contributed by atoms with Gasteiger partial charge in [0.1, 0.15) is 5.56 Å². The van der Waals surface area contributed by atoms with Crippen molar-refractivity contribution in [3.63, 3.8) is 0 Å². The highest BCUT2D eigenvalue weighted by Gasteiger charge is 2.24. The molecule has 0 aliphatic heterocycles. The van der Waals surface area contributed by atoms with Crippen LogP contribution in [-0.4, -0.2) is 17.4 Å². The number of nitro groups is 1. The summed E-state index contributed by atoms with van der Waals surface area (Å²) in [6.07, 6.45) is 0. The molecular formula is C12H17FN4O3. The van der Waals surface area contributed by atoms with E-state index in [1.54, 1.807) is 0 Å². The van der Waals surface area contributed by atoms with Crippen LogP contribution in [-0.2, 0) is 0 Å². The first-order chi connectivity index (χ1) is 9.15. The molecule has 0 aliphatic rings. The predicted octanol–water partition coefficient (Wildman–Crippen LogP) is 1.80. The molecule has 0 heterocycles. The summed E-state index contributed by atoms with van der Waals surface area (Å²) < 4.78 is 13.5. The van der Waals surface area contributed by atoms with E-state index in [9.17, 15) is 19.3 Å². The Kier molecular flexibility index (Phi) is 4.61. The molecule has 0 saturated heterocycles. The van der Waals surface area contributed by atoms with Crippen LogP contribution in [0, 0.1) is 21.3 Å². The number of nitrogen functional groups attached to an aromatic ring is 1. The largest absolute Gasteiger partial charge is 0.351 e. The summed E-state index contributed by atoms with van der Waals surface area (Å²) >= 11 is 0. The maximum Gasteiger partial charge on any atom is 0.285 e. The van der Waals surface area contributed by atoms with Crippen molar-refractivity contribution in [3.8, 4) is 0 Å². The van der Waals surface area contributed by atoms with E-state index in [2.05, 4.69) is 10.7 Å². The zero-order valence-corrected chi connectivity index (χ0v) is 11.5. The molecule has 110 valence electrons. The van der Waals surface area contributed by atoms with Crippen LogP contribution >= 0.6 is 0 Å². The van der Waals surface area contributed by atoms with Gasteiger partial charge >= 0.3 is 0 Å². The Morgan fingerprint density at radius 2 is 2.05 bits per heavy atom. The molecule has 8 heteroatoms. The number of hydrazine groups is 1. The molecule has 0 fully saturated rings. The van der Waals surface area contributed by atoms with E-state index in [-0.39, 0.29) is 16.7 Å². The Balaban J connectivity index is 3.14. The lowest BCUT2D eigenvalue weighted by Gasteiger charge is -2.18.